The maximum absolute atomic E-state index is 14.0. The van der Waals surface area contributed by atoms with E-state index in [1.807, 2.05) is 30.0 Å². The Morgan fingerprint density at radius 2 is 2.14 bits per heavy atom. The lowest BCUT2D eigenvalue weighted by Crippen LogP contribution is -2.39. The number of carbonyl (C=O) groups excluding carboxylic acids is 1. The maximum atomic E-state index is 14.0. The predicted octanol–water partition coefficient (Wildman–Crippen LogP) is 3.86. The van der Waals surface area contributed by atoms with E-state index in [1.54, 1.807) is 18.3 Å². The highest BCUT2D eigenvalue weighted by Crippen LogP contribution is 2.28. The second-order valence-corrected chi connectivity index (χ2v) is 7.37. The Kier molecular flexibility index (Phi) is 5.19. The minimum absolute atomic E-state index is 0.0265. The fourth-order valence-electron chi connectivity index (χ4n) is 3.89. The van der Waals surface area contributed by atoms with Crippen molar-refractivity contribution in [1.29, 1.82) is 0 Å². The highest BCUT2D eigenvalue weighted by molar-refractivity contribution is 5.92. The number of benzene rings is 1. The van der Waals surface area contributed by atoms with Gasteiger partial charge in [-0.2, -0.15) is 5.10 Å². The van der Waals surface area contributed by atoms with Gasteiger partial charge < -0.3 is 4.90 Å². The summed E-state index contributed by atoms with van der Waals surface area (Å²) >= 11 is 0. The number of pyridine rings is 1. The van der Waals surface area contributed by atoms with Crippen LogP contribution in [0.3, 0.4) is 0 Å². The number of nitrogens with zero attached hydrogens (tertiary/aromatic N) is 3. The van der Waals surface area contributed by atoms with Gasteiger partial charge >= 0.3 is 0 Å². The largest absolute Gasteiger partial charge is 0.337 e. The number of aromatic amines is 1. The van der Waals surface area contributed by atoms with Crippen molar-refractivity contribution in [1.82, 2.24) is 20.1 Å². The predicted molar refractivity (Wildman–Crippen MR) is 105 cm³/mol. The number of likely N-dealkylation sites (tertiary alicyclic amines) is 1. The summed E-state index contributed by atoms with van der Waals surface area (Å²) in [4.78, 5) is 19.2. The summed E-state index contributed by atoms with van der Waals surface area (Å²) in [6.45, 7) is 3.33. The van der Waals surface area contributed by atoms with Crippen molar-refractivity contribution < 1.29 is 9.18 Å². The van der Waals surface area contributed by atoms with Crippen molar-refractivity contribution in [3.05, 3.63) is 82.7 Å². The second kappa shape index (κ2) is 7.92. The third-order valence-electron chi connectivity index (χ3n) is 5.24. The zero-order chi connectivity index (χ0) is 19.5. The number of amides is 1. The molecule has 3 aromatic rings. The van der Waals surface area contributed by atoms with E-state index in [0.29, 0.717) is 24.2 Å². The summed E-state index contributed by atoms with van der Waals surface area (Å²) in [5, 5.41) is 6.62. The standard InChI is InChI=1S/C22H23FN4O/c1-15-11-16(12-17-5-2-3-7-19(17)23)13-21(25-15)18-6-4-10-27(14-18)22(28)20-8-9-24-26-20/h2-3,5,7-9,11,13,18H,4,6,10,12,14H2,1H3,(H,24,26)/t18-/m1/s1. The molecule has 1 N–H and O–H groups in total. The minimum Gasteiger partial charge on any atom is -0.337 e. The quantitative estimate of drug-likeness (QED) is 0.750. The number of aryl methyl sites for hydroxylation is 1. The van der Waals surface area contributed by atoms with Gasteiger partial charge in [0.25, 0.3) is 5.91 Å². The van der Waals surface area contributed by atoms with E-state index in [4.69, 9.17) is 4.98 Å². The molecule has 0 radical (unpaired) electrons. The summed E-state index contributed by atoms with van der Waals surface area (Å²) in [7, 11) is 0. The first-order chi connectivity index (χ1) is 13.6. The Balaban J connectivity index is 1.54. The molecule has 1 saturated heterocycles. The van der Waals surface area contributed by atoms with Crippen LogP contribution >= 0.6 is 0 Å². The van der Waals surface area contributed by atoms with Gasteiger partial charge in [0, 0.05) is 43.0 Å². The molecule has 0 saturated carbocycles. The lowest BCUT2D eigenvalue weighted by Gasteiger charge is -2.32. The number of rotatable bonds is 4. The number of aromatic nitrogens is 3. The molecule has 144 valence electrons. The normalized spacial score (nSPS) is 16.9. The number of nitrogens with one attached hydrogen (secondary N) is 1. The average molecular weight is 378 g/mol. The SMILES string of the molecule is Cc1cc(Cc2ccccc2F)cc([C@@H]2CCCN(C(=O)c3ccn[nH]3)C2)n1. The Hall–Kier alpha value is -3.02. The van der Waals surface area contributed by atoms with Gasteiger partial charge in [-0.3, -0.25) is 14.9 Å². The van der Waals surface area contributed by atoms with Gasteiger partial charge in [0.15, 0.2) is 0 Å². The summed E-state index contributed by atoms with van der Waals surface area (Å²) in [5.74, 6) is -0.0335. The van der Waals surface area contributed by atoms with Crippen LogP contribution in [-0.4, -0.2) is 39.1 Å². The first-order valence-electron chi connectivity index (χ1n) is 9.59. The molecule has 0 spiro atoms. The van der Waals surface area contributed by atoms with E-state index in [2.05, 4.69) is 16.3 Å². The molecular formula is C22H23FN4O. The van der Waals surface area contributed by atoms with E-state index in [-0.39, 0.29) is 17.6 Å². The van der Waals surface area contributed by atoms with Crippen LogP contribution in [0.2, 0.25) is 0 Å². The van der Waals surface area contributed by atoms with Crippen molar-refractivity contribution in [2.75, 3.05) is 13.1 Å². The Bertz CT molecular complexity index is 970. The van der Waals surface area contributed by atoms with Crippen LogP contribution in [0.1, 0.15) is 51.8 Å². The molecule has 6 heteroatoms. The third-order valence-corrected chi connectivity index (χ3v) is 5.24. The van der Waals surface area contributed by atoms with Gasteiger partial charge in [0.1, 0.15) is 11.5 Å². The molecule has 3 heterocycles. The van der Waals surface area contributed by atoms with Crippen molar-refractivity contribution >= 4 is 5.91 Å². The van der Waals surface area contributed by atoms with Crippen LogP contribution in [-0.2, 0) is 6.42 Å². The fourth-order valence-corrected chi connectivity index (χ4v) is 3.89. The van der Waals surface area contributed by atoms with Crippen molar-refractivity contribution in [3.8, 4) is 0 Å². The number of halogens is 1. The lowest BCUT2D eigenvalue weighted by molar-refractivity contribution is 0.0700. The summed E-state index contributed by atoms with van der Waals surface area (Å²) < 4.78 is 14.0. The van der Waals surface area contributed by atoms with Crippen LogP contribution in [0.15, 0.2) is 48.7 Å². The Morgan fingerprint density at radius 1 is 1.29 bits per heavy atom. The molecule has 0 unspecified atom stereocenters. The van der Waals surface area contributed by atoms with Gasteiger partial charge in [-0.1, -0.05) is 18.2 Å². The van der Waals surface area contributed by atoms with Gasteiger partial charge in [0.2, 0.25) is 0 Å². The van der Waals surface area contributed by atoms with Gasteiger partial charge in [-0.25, -0.2) is 4.39 Å². The first-order valence-corrected chi connectivity index (χ1v) is 9.59. The number of piperidine rings is 1. The van der Waals surface area contributed by atoms with Crippen LogP contribution in [0, 0.1) is 12.7 Å². The van der Waals surface area contributed by atoms with Crippen LogP contribution in [0.25, 0.3) is 0 Å². The molecule has 1 amide bonds. The molecule has 0 aliphatic carbocycles. The molecule has 1 aromatic carbocycles. The van der Waals surface area contributed by atoms with Crippen molar-refractivity contribution in [2.24, 2.45) is 0 Å². The molecule has 1 aliphatic rings. The Labute approximate surface area is 163 Å². The monoisotopic (exact) mass is 378 g/mol. The van der Waals surface area contributed by atoms with E-state index >= 15 is 0 Å². The Morgan fingerprint density at radius 3 is 2.93 bits per heavy atom. The molecule has 28 heavy (non-hydrogen) atoms. The molecule has 1 fully saturated rings. The molecule has 0 bridgehead atoms. The smallest absolute Gasteiger partial charge is 0.271 e. The summed E-state index contributed by atoms with van der Waals surface area (Å²) in [6.07, 6.45) is 4.05. The van der Waals surface area contributed by atoms with Crippen LogP contribution in [0.5, 0.6) is 0 Å². The molecule has 1 atom stereocenters. The minimum atomic E-state index is -0.187. The van der Waals surface area contributed by atoms with E-state index < -0.39 is 0 Å². The van der Waals surface area contributed by atoms with Gasteiger partial charge in [-0.05, 0) is 55.2 Å². The number of carbonyl (C=O) groups is 1. The van der Waals surface area contributed by atoms with Gasteiger partial charge in [-0.15, -0.1) is 0 Å². The first kappa shape index (κ1) is 18.3. The summed E-state index contributed by atoms with van der Waals surface area (Å²) in [5.41, 5.74) is 4.13. The van der Waals surface area contributed by atoms with Crippen LogP contribution < -0.4 is 0 Å². The summed E-state index contributed by atoms with van der Waals surface area (Å²) in [6, 6.07) is 12.6. The zero-order valence-electron chi connectivity index (χ0n) is 15.9. The van der Waals surface area contributed by atoms with Crippen molar-refractivity contribution in [3.63, 3.8) is 0 Å². The number of H-pyrrole nitrogens is 1. The molecule has 1 aliphatic heterocycles. The lowest BCUT2D eigenvalue weighted by atomic mass is 9.92. The number of hydrogen-bond donors (Lipinski definition) is 1. The number of hydrogen-bond acceptors (Lipinski definition) is 3. The van der Waals surface area contributed by atoms with E-state index in [1.165, 1.54) is 6.07 Å². The molecule has 5 nitrogen and oxygen atoms in total. The van der Waals surface area contributed by atoms with Gasteiger partial charge in [0.05, 0.1) is 0 Å². The third kappa shape index (κ3) is 3.96. The highest BCUT2D eigenvalue weighted by Gasteiger charge is 2.27. The maximum Gasteiger partial charge on any atom is 0.271 e. The molecular weight excluding hydrogens is 355 g/mol. The zero-order valence-corrected chi connectivity index (χ0v) is 15.9. The fraction of sp³-hybridized carbons (Fsp3) is 0.318. The molecule has 2 aromatic heterocycles. The average Bonchev–Trinajstić information content (AvgIpc) is 3.24. The second-order valence-electron chi connectivity index (χ2n) is 7.37. The van der Waals surface area contributed by atoms with E-state index in [9.17, 15) is 9.18 Å². The van der Waals surface area contributed by atoms with Crippen molar-refractivity contribution in [2.45, 2.75) is 32.1 Å². The van der Waals surface area contributed by atoms with E-state index in [0.717, 1.165) is 36.3 Å². The highest BCUT2D eigenvalue weighted by atomic mass is 19.1. The topological polar surface area (TPSA) is 61.9 Å². The molecule has 4 rings (SSSR count). The van der Waals surface area contributed by atoms with Crippen LogP contribution in [0.4, 0.5) is 4.39 Å².